The van der Waals surface area contributed by atoms with Crippen LogP contribution >= 0.6 is 0 Å². The van der Waals surface area contributed by atoms with Crippen LogP contribution in [0.15, 0.2) is 54.9 Å². The monoisotopic (exact) mass is 342 g/mol. The van der Waals surface area contributed by atoms with Crippen molar-refractivity contribution in [2.24, 2.45) is 0 Å². The first-order valence-electron chi connectivity index (χ1n) is 7.59. The van der Waals surface area contributed by atoms with Gasteiger partial charge >= 0.3 is 6.18 Å². The van der Waals surface area contributed by atoms with Crippen LogP contribution in [0.25, 0.3) is 28.0 Å². The number of imidazole rings is 1. The van der Waals surface area contributed by atoms with Crippen molar-refractivity contribution in [3.63, 3.8) is 0 Å². The Balaban J connectivity index is 1.94. The number of benzene rings is 2. The van der Waals surface area contributed by atoms with Gasteiger partial charge in [-0.2, -0.15) is 18.3 Å². The van der Waals surface area contributed by atoms with Gasteiger partial charge in [0.05, 0.1) is 11.7 Å². The van der Waals surface area contributed by atoms with Gasteiger partial charge in [0.1, 0.15) is 5.82 Å². The summed E-state index contributed by atoms with van der Waals surface area (Å²) in [7, 11) is 0. The second-order valence-corrected chi connectivity index (χ2v) is 5.83. The molecule has 2 aromatic heterocycles. The molecule has 4 nitrogen and oxygen atoms in total. The van der Waals surface area contributed by atoms with Crippen LogP contribution in [0, 0.1) is 6.92 Å². The fourth-order valence-electron chi connectivity index (χ4n) is 2.78. The largest absolute Gasteiger partial charge is 0.434 e. The molecule has 0 aliphatic heterocycles. The van der Waals surface area contributed by atoms with Crippen LogP contribution in [-0.2, 0) is 6.18 Å². The summed E-state index contributed by atoms with van der Waals surface area (Å²) in [5, 5.41) is 7.58. The number of aryl methyl sites for hydroxylation is 1. The van der Waals surface area contributed by atoms with Crippen molar-refractivity contribution in [3.8, 4) is 17.1 Å². The fourth-order valence-corrected chi connectivity index (χ4v) is 2.78. The molecule has 0 amide bonds. The van der Waals surface area contributed by atoms with E-state index in [0.717, 1.165) is 22.7 Å². The highest BCUT2D eigenvalue weighted by Gasteiger charge is 2.35. The highest BCUT2D eigenvalue weighted by Crippen LogP contribution is 2.33. The zero-order chi connectivity index (χ0) is 17.6. The molecule has 0 saturated carbocycles. The van der Waals surface area contributed by atoms with Crippen LogP contribution in [0.4, 0.5) is 13.2 Å². The van der Waals surface area contributed by atoms with Crippen LogP contribution in [0.2, 0.25) is 0 Å². The number of aromatic nitrogens is 4. The molecular weight excluding hydrogens is 329 g/mol. The van der Waals surface area contributed by atoms with E-state index in [1.165, 1.54) is 4.57 Å². The van der Waals surface area contributed by atoms with E-state index in [0.29, 0.717) is 11.3 Å². The van der Waals surface area contributed by atoms with Crippen LogP contribution in [0.3, 0.4) is 0 Å². The van der Waals surface area contributed by atoms with Crippen LogP contribution in [-0.4, -0.2) is 19.7 Å². The highest BCUT2D eigenvalue weighted by molar-refractivity contribution is 5.80. The second kappa shape index (κ2) is 5.47. The zero-order valence-electron chi connectivity index (χ0n) is 13.2. The third-order valence-corrected chi connectivity index (χ3v) is 3.97. The Hall–Kier alpha value is -3.09. The number of nitrogens with zero attached hydrogens (tertiary/aromatic N) is 3. The quantitative estimate of drug-likeness (QED) is 0.572. The van der Waals surface area contributed by atoms with E-state index in [2.05, 4.69) is 15.2 Å². The minimum atomic E-state index is -4.51. The van der Waals surface area contributed by atoms with Crippen molar-refractivity contribution in [1.29, 1.82) is 0 Å². The van der Waals surface area contributed by atoms with Gasteiger partial charge in [0.2, 0.25) is 0 Å². The average Bonchev–Trinajstić information content (AvgIpc) is 3.20. The molecule has 0 unspecified atom stereocenters. The summed E-state index contributed by atoms with van der Waals surface area (Å²) in [4.78, 5) is 3.85. The predicted molar refractivity (Wildman–Crippen MR) is 88.4 cm³/mol. The number of aromatic amines is 1. The summed E-state index contributed by atoms with van der Waals surface area (Å²) in [6.07, 6.45) is -1.85. The van der Waals surface area contributed by atoms with E-state index in [1.807, 2.05) is 19.1 Å². The van der Waals surface area contributed by atoms with E-state index in [-0.39, 0.29) is 5.82 Å². The molecule has 2 heterocycles. The van der Waals surface area contributed by atoms with Gasteiger partial charge in [-0.25, -0.2) is 4.98 Å². The molecule has 0 aliphatic rings. The third kappa shape index (κ3) is 2.77. The second-order valence-electron chi connectivity index (χ2n) is 5.83. The fraction of sp³-hybridized carbons (Fsp3) is 0.111. The van der Waals surface area contributed by atoms with Crippen molar-refractivity contribution >= 4 is 10.9 Å². The topological polar surface area (TPSA) is 46.5 Å². The number of fused-ring (bicyclic) bond motifs is 1. The molecule has 1 N–H and O–H groups in total. The van der Waals surface area contributed by atoms with Crippen molar-refractivity contribution in [2.45, 2.75) is 13.1 Å². The highest BCUT2D eigenvalue weighted by atomic mass is 19.4. The Morgan fingerprint density at radius 2 is 1.92 bits per heavy atom. The smallest absolute Gasteiger partial charge is 0.299 e. The van der Waals surface area contributed by atoms with Crippen LogP contribution < -0.4 is 0 Å². The van der Waals surface area contributed by atoms with Crippen molar-refractivity contribution in [3.05, 3.63) is 66.1 Å². The van der Waals surface area contributed by atoms with E-state index < -0.39 is 11.9 Å². The lowest BCUT2D eigenvalue weighted by molar-refractivity contribution is -0.140. The number of H-pyrrole nitrogens is 1. The molecule has 25 heavy (non-hydrogen) atoms. The number of hydrogen-bond donors (Lipinski definition) is 1. The van der Waals surface area contributed by atoms with Gasteiger partial charge in [-0.3, -0.25) is 9.67 Å². The maximum atomic E-state index is 13.2. The summed E-state index contributed by atoms with van der Waals surface area (Å²) in [5.41, 5.74) is 2.07. The lowest BCUT2D eigenvalue weighted by atomic mass is 10.1. The molecule has 4 rings (SSSR count). The molecule has 0 radical (unpaired) electrons. The van der Waals surface area contributed by atoms with Gasteiger partial charge in [-0.15, -0.1) is 0 Å². The summed E-state index contributed by atoms with van der Waals surface area (Å²) >= 11 is 0. The maximum absolute atomic E-state index is 13.2. The van der Waals surface area contributed by atoms with E-state index in [4.69, 9.17) is 0 Å². The SMILES string of the molecule is Cc1cccc(-c2nc(C(F)(F)F)cn2-c2ccc3[nH]ncc3c2)c1. The van der Waals surface area contributed by atoms with Crippen molar-refractivity contribution < 1.29 is 13.2 Å². The summed E-state index contributed by atoms with van der Waals surface area (Å²) in [6.45, 7) is 1.89. The molecule has 0 spiro atoms. The van der Waals surface area contributed by atoms with E-state index in [9.17, 15) is 13.2 Å². The molecule has 7 heteroatoms. The zero-order valence-corrected chi connectivity index (χ0v) is 13.2. The Morgan fingerprint density at radius 3 is 2.68 bits per heavy atom. The van der Waals surface area contributed by atoms with Crippen molar-refractivity contribution in [2.75, 3.05) is 0 Å². The maximum Gasteiger partial charge on any atom is 0.434 e. The molecule has 0 saturated heterocycles. The van der Waals surface area contributed by atoms with Gasteiger partial charge in [0.25, 0.3) is 0 Å². The molecule has 0 aliphatic carbocycles. The summed E-state index contributed by atoms with van der Waals surface area (Å²) in [6, 6.07) is 12.6. The first-order chi connectivity index (χ1) is 11.9. The van der Waals surface area contributed by atoms with Gasteiger partial charge in [-0.05, 0) is 31.2 Å². The Morgan fingerprint density at radius 1 is 1.08 bits per heavy atom. The van der Waals surface area contributed by atoms with E-state index in [1.54, 1.807) is 36.5 Å². The van der Waals surface area contributed by atoms with Crippen LogP contribution in [0.5, 0.6) is 0 Å². The number of hydrogen-bond acceptors (Lipinski definition) is 2. The molecular formula is C18H13F3N4. The van der Waals surface area contributed by atoms with E-state index >= 15 is 0 Å². The van der Waals surface area contributed by atoms with Crippen LogP contribution in [0.1, 0.15) is 11.3 Å². The number of halogens is 3. The molecule has 0 bridgehead atoms. The molecule has 2 aromatic carbocycles. The number of nitrogens with one attached hydrogen (secondary N) is 1. The van der Waals surface area contributed by atoms with Gasteiger partial charge in [-0.1, -0.05) is 23.8 Å². The molecule has 0 atom stereocenters. The number of rotatable bonds is 2. The molecule has 4 aromatic rings. The molecule has 0 fully saturated rings. The summed E-state index contributed by atoms with van der Waals surface area (Å²) < 4.78 is 41.1. The Bertz CT molecular complexity index is 1060. The number of alkyl halides is 3. The van der Waals surface area contributed by atoms with Gasteiger partial charge in [0, 0.05) is 22.8 Å². The third-order valence-electron chi connectivity index (χ3n) is 3.97. The predicted octanol–water partition coefficient (Wildman–Crippen LogP) is 4.74. The van der Waals surface area contributed by atoms with Crippen molar-refractivity contribution in [1.82, 2.24) is 19.7 Å². The Kier molecular flexibility index (Phi) is 3.38. The summed E-state index contributed by atoms with van der Waals surface area (Å²) in [5.74, 6) is 0.249. The minimum Gasteiger partial charge on any atom is -0.299 e. The first kappa shape index (κ1) is 15.4. The van der Waals surface area contributed by atoms with Gasteiger partial charge in [0.15, 0.2) is 5.69 Å². The van der Waals surface area contributed by atoms with Gasteiger partial charge < -0.3 is 0 Å². The first-order valence-corrected chi connectivity index (χ1v) is 7.59. The molecule has 126 valence electrons. The Labute approximate surface area is 140 Å². The standard InChI is InChI=1S/C18H13F3N4/c1-11-3-2-4-12(7-11)17-23-16(18(19,20)21)10-25(17)14-5-6-15-13(8-14)9-22-24-15/h2-10H,1H3,(H,22,24). The average molecular weight is 342 g/mol. The minimum absolute atomic E-state index is 0.249. The lowest BCUT2D eigenvalue weighted by Crippen LogP contribution is -2.05. The normalized spacial score (nSPS) is 12.0. The lowest BCUT2D eigenvalue weighted by Gasteiger charge is -2.08.